The summed E-state index contributed by atoms with van der Waals surface area (Å²) in [7, 11) is 1.71. The van der Waals surface area contributed by atoms with Crippen molar-refractivity contribution in [2.24, 2.45) is 0 Å². The quantitative estimate of drug-likeness (QED) is 0.715. The van der Waals surface area contributed by atoms with Gasteiger partial charge in [0.25, 0.3) is 0 Å². The first-order valence-electron chi connectivity index (χ1n) is 7.11. The Bertz CT molecular complexity index is 722. The second-order valence-electron chi connectivity index (χ2n) is 4.95. The van der Waals surface area contributed by atoms with Crippen molar-refractivity contribution in [1.82, 2.24) is 4.98 Å². The highest BCUT2D eigenvalue weighted by Crippen LogP contribution is 2.25. The van der Waals surface area contributed by atoms with Gasteiger partial charge in [-0.3, -0.25) is 0 Å². The zero-order chi connectivity index (χ0) is 15.4. The van der Waals surface area contributed by atoms with Gasteiger partial charge < -0.3 is 14.5 Å². The maximum Gasteiger partial charge on any atom is 0.214 e. The molecule has 0 saturated heterocycles. The minimum absolute atomic E-state index is 0.0777. The molecule has 0 spiro atoms. The molecule has 114 valence electrons. The van der Waals surface area contributed by atoms with Gasteiger partial charge in [-0.05, 0) is 36.1 Å². The molecule has 0 saturated carbocycles. The number of hydrogen-bond acceptors (Lipinski definition) is 5. The maximum absolute atomic E-state index is 5.76. The molecule has 5 heteroatoms. The van der Waals surface area contributed by atoms with Gasteiger partial charge in [0.15, 0.2) is 5.76 Å². The van der Waals surface area contributed by atoms with E-state index in [0.29, 0.717) is 12.4 Å². The number of ether oxygens (including phenoxy) is 1. The largest absolute Gasteiger partial charge is 0.438 e. The summed E-state index contributed by atoms with van der Waals surface area (Å²) >= 11 is 1.64. The van der Waals surface area contributed by atoms with E-state index in [-0.39, 0.29) is 6.10 Å². The highest BCUT2D eigenvalue weighted by atomic mass is 32.1. The van der Waals surface area contributed by atoms with Crippen molar-refractivity contribution in [3.8, 4) is 10.6 Å². The van der Waals surface area contributed by atoms with Crippen LogP contribution in [0.1, 0.15) is 24.5 Å². The zero-order valence-corrected chi connectivity index (χ0v) is 13.4. The van der Waals surface area contributed by atoms with Gasteiger partial charge in [0.2, 0.25) is 5.89 Å². The first-order valence-corrected chi connectivity index (χ1v) is 7.99. The van der Waals surface area contributed by atoms with Crippen molar-refractivity contribution in [2.75, 3.05) is 12.4 Å². The Kier molecular flexibility index (Phi) is 4.56. The van der Waals surface area contributed by atoms with E-state index in [0.717, 1.165) is 21.9 Å². The summed E-state index contributed by atoms with van der Waals surface area (Å²) in [5.41, 5.74) is 2.16. The number of benzene rings is 1. The van der Waals surface area contributed by atoms with Gasteiger partial charge in [0.1, 0.15) is 0 Å². The van der Waals surface area contributed by atoms with Crippen LogP contribution in [0.15, 0.2) is 52.4 Å². The van der Waals surface area contributed by atoms with E-state index in [1.165, 1.54) is 0 Å². The van der Waals surface area contributed by atoms with Crippen LogP contribution < -0.4 is 5.32 Å². The summed E-state index contributed by atoms with van der Waals surface area (Å²) in [4.78, 5) is 5.41. The normalized spacial score (nSPS) is 12.3. The maximum atomic E-state index is 5.76. The number of hydrogen-bond donors (Lipinski definition) is 1. The molecule has 1 unspecified atom stereocenters. The lowest BCUT2D eigenvalue weighted by molar-refractivity contribution is 0.119. The van der Waals surface area contributed by atoms with Gasteiger partial charge in [-0.2, -0.15) is 0 Å². The van der Waals surface area contributed by atoms with E-state index in [2.05, 4.69) is 22.4 Å². The summed E-state index contributed by atoms with van der Waals surface area (Å²) < 4.78 is 11.1. The van der Waals surface area contributed by atoms with E-state index in [4.69, 9.17) is 9.15 Å². The molecule has 0 radical (unpaired) electrons. The Morgan fingerprint density at radius 2 is 2.23 bits per heavy atom. The van der Waals surface area contributed by atoms with Crippen molar-refractivity contribution in [3.05, 3.63) is 59.4 Å². The van der Waals surface area contributed by atoms with E-state index in [9.17, 15) is 0 Å². The molecule has 0 bridgehead atoms. The summed E-state index contributed by atoms with van der Waals surface area (Å²) in [6, 6.07) is 12.2. The number of thiophene rings is 1. The monoisotopic (exact) mass is 314 g/mol. The van der Waals surface area contributed by atoms with Crippen LogP contribution in [0, 0.1) is 0 Å². The molecule has 2 heterocycles. The fraction of sp³-hybridized carbons (Fsp3) is 0.235. The Morgan fingerprint density at radius 3 is 3.00 bits per heavy atom. The second kappa shape index (κ2) is 6.77. The van der Waals surface area contributed by atoms with E-state index in [1.54, 1.807) is 24.6 Å². The Labute approximate surface area is 133 Å². The van der Waals surface area contributed by atoms with E-state index >= 15 is 0 Å². The third-order valence-electron chi connectivity index (χ3n) is 3.47. The number of nitrogens with zero attached hydrogens (tertiary/aromatic N) is 1. The first kappa shape index (κ1) is 14.8. The molecule has 0 fully saturated rings. The molecule has 3 aromatic rings. The van der Waals surface area contributed by atoms with Crippen LogP contribution in [0.2, 0.25) is 0 Å². The lowest BCUT2D eigenvalue weighted by Gasteiger charge is -2.11. The molecule has 0 aliphatic rings. The average molecular weight is 314 g/mol. The molecule has 3 rings (SSSR count). The van der Waals surface area contributed by atoms with Crippen molar-refractivity contribution >= 4 is 17.0 Å². The van der Waals surface area contributed by atoms with Gasteiger partial charge >= 0.3 is 0 Å². The highest BCUT2D eigenvalue weighted by molar-refractivity contribution is 7.13. The number of rotatable bonds is 6. The molecular formula is C17H18N2O2S. The molecule has 1 atom stereocenters. The Hall–Kier alpha value is -2.11. The summed E-state index contributed by atoms with van der Waals surface area (Å²) in [5, 5.41) is 5.36. The molecule has 2 aromatic heterocycles. The molecule has 0 aliphatic carbocycles. The van der Waals surface area contributed by atoms with Crippen LogP contribution >= 0.6 is 11.3 Å². The van der Waals surface area contributed by atoms with Crippen LogP contribution in [0.25, 0.3) is 10.6 Å². The van der Waals surface area contributed by atoms with Gasteiger partial charge in [0, 0.05) is 12.8 Å². The van der Waals surface area contributed by atoms with Crippen molar-refractivity contribution in [2.45, 2.75) is 19.6 Å². The van der Waals surface area contributed by atoms with Gasteiger partial charge in [0.05, 0.1) is 23.7 Å². The van der Waals surface area contributed by atoms with Gasteiger partial charge in [-0.1, -0.05) is 18.2 Å². The van der Waals surface area contributed by atoms with Crippen LogP contribution in [-0.4, -0.2) is 12.1 Å². The second-order valence-corrected chi connectivity index (χ2v) is 5.90. The third-order valence-corrected chi connectivity index (χ3v) is 4.36. The molecule has 0 aliphatic heterocycles. The molecule has 4 nitrogen and oxygen atoms in total. The molecule has 22 heavy (non-hydrogen) atoms. The van der Waals surface area contributed by atoms with E-state index < -0.39 is 0 Å². The number of anilines is 1. The number of methoxy groups -OCH3 is 1. The summed E-state index contributed by atoms with van der Waals surface area (Å²) in [6.07, 6.45) is 1.85. The number of oxazole rings is 1. The standard InChI is InChI=1S/C17H18N2O2S/c1-12(20-2)13-5-3-6-14(9-13)18-11-17-19-10-15(21-17)16-7-4-8-22-16/h3-10,12,18H,11H2,1-2H3. The number of aromatic nitrogens is 1. The zero-order valence-electron chi connectivity index (χ0n) is 12.6. The Morgan fingerprint density at radius 1 is 1.32 bits per heavy atom. The minimum atomic E-state index is 0.0777. The van der Waals surface area contributed by atoms with Crippen LogP contribution in [0.5, 0.6) is 0 Å². The molecule has 1 aromatic carbocycles. The van der Waals surface area contributed by atoms with Crippen LogP contribution in [-0.2, 0) is 11.3 Å². The lowest BCUT2D eigenvalue weighted by Crippen LogP contribution is -2.01. The fourth-order valence-corrected chi connectivity index (χ4v) is 2.81. The van der Waals surface area contributed by atoms with Crippen molar-refractivity contribution in [1.29, 1.82) is 0 Å². The lowest BCUT2D eigenvalue weighted by atomic mass is 10.1. The summed E-state index contributed by atoms with van der Waals surface area (Å²) in [5.74, 6) is 1.49. The topological polar surface area (TPSA) is 47.3 Å². The third kappa shape index (κ3) is 3.37. The predicted octanol–water partition coefficient (Wildman–Crippen LogP) is 4.72. The van der Waals surface area contributed by atoms with Crippen LogP contribution in [0.4, 0.5) is 5.69 Å². The molecule has 0 amide bonds. The van der Waals surface area contributed by atoms with Gasteiger partial charge in [-0.15, -0.1) is 11.3 Å². The highest BCUT2D eigenvalue weighted by Gasteiger charge is 2.08. The molecular weight excluding hydrogens is 296 g/mol. The number of nitrogens with one attached hydrogen (secondary N) is 1. The van der Waals surface area contributed by atoms with Crippen LogP contribution in [0.3, 0.4) is 0 Å². The SMILES string of the molecule is COC(C)c1cccc(NCc2ncc(-c3cccs3)o2)c1. The average Bonchev–Trinajstić information content (AvgIpc) is 3.23. The summed E-state index contributed by atoms with van der Waals surface area (Å²) in [6.45, 7) is 2.58. The molecule has 1 N–H and O–H groups in total. The predicted molar refractivity (Wildman–Crippen MR) is 89.0 cm³/mol. The van der Waals surface area contributed by atoms with E-state index in [1.807, 2.05) is 36.6 Å². The fourth-order valence-electron chi connectivity index (χ4n) is 2.14. The van der Waals surface area contributed by atoms with Gasteiger partial charge in [-0.25, -0.2) is 4.98 Å². The first-order chi connectivity index (χ1) is 10.8. The van der Waals surface area contributed by atoms with Crippen molar-refractivity contribution in [3.63, 3.8) is 0 Å². The minimum Gasteiger partial charge on any atom is -0.438 e. The Balaban J connectivity index is 1.65. The smallest absolute Gasteiger partial charge is 0.214 e. The van der Waals surface area contributed by atoms with Crippen molar-refractivity contribution < 1.29 is 9.15 Å².